The Kier molecular flexibility index (Phi) is 6.15. The Bertz CT molecular complexity index is 1420. The number of fused-ring (bicyclic) bond motifs is 3. The molecule has 2 heterocycles. The molecule has 1 aliphatic rings. The van der Waals surface area contributed by atoms with Crippen molar-refractivity contribution in [2.24, 2.45) is 11.8 Å². The van der Waals surface area contributed by atoms with Crippen LogP contribution in [-0.2, 0) is 21.2 Å². The molecule has 2 atom stereocenters. The molecule has 176 valence electrons. The molecular formula is C23H28N4O5S. The van der Waals surface area contributed by atoms with Crippen molar-refractivity contribution in [1.29, 1.82) is 0 Å². The highest BCUT2D eigenvalue weighted by Crippen LogP contribution is 2.21. The number of rotatable bonds is 8. The monoisotopic (exact) mass is 472 g/mol. The van der Waals surface area contributed by atoms with Crippen molar-refractivity contribution in [2.75, 3.05) is 0 Å². The summed E-state index contributed by atoms with van der Waals surface area (Å²) in [5.74, 6) is -1.13. The number of hydrogen-bond donors (Lipinski definition) is 2. The summed E-state index contributed by atoms with van der Waals surface area (Å²) in [6.07, 6.45) is 7.45. The minimum absolute atomic E-state index is 0.00405. The van der Waals surface area contributed by atoms with E-state index in [0.29, 0.717) is 28.7 Å². The van der Waals surface area contributed by atoms with Crippen molar-refractivity contribution in [2.45, 2.75) is 57.5 Å². The molecule has 1 aromatic carbocycles. The molecule has 0 saturated heterocycles. The second-order valence-electron chi connectivity index (χ2n) is 9.18. The Hall–Kier alpha value is -2.98. The predicted molar refractivity (Wildman–Crippen MR) is 123 cm³/mol. The van der Waals surface area contributed by atoms with Crippen molar-refractivity contribution in [3.8, 4) is 0 Å². The molecule has 10 heteroatoms. The standard InChI is InChI=1S/C23H28N4O5S/c1-13(2)9-15-12-27(26-24-15)16-5-7-18-19-11-17(6-8-20(19)32-21(18)10-16)33(30,31)25-22(14(3)4)23(28)29/h6-8,10-14,16,22,25H,5,9H2,1-4H3,(H,28,29)/t16?,22-/m1/s1. The highest BCUT2D eigenvalue weighted by molar-refractivity contribution is 7.89. The molecule has 1 unspecified atom stereocenters. The first kappa shape index (κ1) is 23.2. The molecule has 33 heavy (non-hydrogen) atoms. The third-order valence-corrected chi connectivity index (χ3v) is 7.11. The van der Waals surface area contributed by atoms with E-state index in [-0.39, 0.29) is 10.9 Å². The van der Waals surface area contributed by atoms with E-state index in [0.717, 1.165) is 17.3 Å². The van der Waals surface area contributed by atoms with Crippen LogP contribution in [0.15, 0.2) is 33.7 Å². The molecule has 0 saturated carbocycles. The molecule has 0 aliphatic heterocycles. The normalized spacial score (nSPS) is 17.1. The second-order valence-corrected chi connectivity index (χ2v) is 10.9. The van der Waals surface area contributed by atoms with Gasteiger partial charge in [0.25, 0.3) is 0 Å². The molecule has 0 spiro atoms. The number of carboxylic acids is 1. The summed E-state index contributed by atoms with van der Waals surface area (Å²) in [7, 11) is -4.03. The summed E-state index contributed by atoms with van der Waals surface area (Å²) >= 11 is 0. The molecule has 2 aromatic heterocycles. The number of nitrogens with one attached hydrogen (secondary N) is 1. The van der Waals surface area contributed by atoms with Crippen LogP contribution in [0, 0.1) is 11.8 Å². The maximum absolute atomic E-state index is 12.9. The Morgan fingerprint density at radius 2 is 2.06 bits per heavy atom. The molecule has 9 nitrogen and oxygen atoms in total. The van der Waals surface area contributed by atoms with Crippen LogP contribution in [0.2, 0.25) is 0 Å². The van der Waals surface area contributed by atoms with Crippen molar-refractivity contribution in [3.63, 3.8) is 0 Å². The first-order chi connectivity index (χ1) is 15.5. The molecule has 3 aromatic rings. The lowest BCUT2D eigenvalue weighted by Crippen LogP contribution is -2.44. The fourth-order valence-corrected chi connectivity index (χ4v) is 5.34. The van der Waals surface area contributed by atoms with Gasteiger partial charge in [-0.15, -0.1) is 5.10 Å². The van der Waals surface area contributed by atoms with E-state index in [1.807, 2.05) is 23.0 Å². The van der Waals surface area contributed by atoms with E-state index in [1.54, 1.807) is 19.9 Å². The van der Waals surface area contributed by atoms with E-state index in [4.69, 9.17) is 4.42 Å². The Labute approximate surface area is 191 Å². The lowest BCUT2D eigenvalue weighted by atomic mass is 10.1. The highest BCUT2D eigenvalue weighted by atomic mass is 32.2. The van der Waals surface area contributed by atoms with Gasteiger partial charge < -0.3 is 9.52 Å². The molecule has 0 amide bonds. The molecule has 2 N–H and O–H groups in total. The van der Waals surface area contributed by atoms with Gasteiger partial charge in [-0.05, 0) is 49.0 Å². The van der Waals surface area contributed by atoms with Gasteiger partial charge in [0.15, 0.2) is 0 Å². The zero-order valence-corrected chi connectivity index (χ0v) is 19.8. The first-order valence-corrected chi connectivity index (χ1v) is 12.4. The minimum atomic E-state index is -4.03. The highest BCUT2D eigenvalue weighted by Gasteiger charge is 2.28. The van der Waals surface area contributed by atoms with Crippen molar-refractivity contribution in [1.82, 2.24) is 19.7 Å². The van der Waals surface area contributed by atoms with Gasteiger partial charge in [0, 0.05) is 16.8 Å². The van der Waals surface area contributed by atoms with Crippen LogP contribution in [0.1, 0.15) is 45.9 Å². The van der Waals surface area contributed by atoms with Gasteiger partial charge in [0.05, 0.1) is 16.6 Å². The number of sulfonamides is 1. The maximum Gasteiger partial charge on any atom is 0.322 e. The first-order valence-electron chi connectivity index (χ1n) is 11.0. The third-order valence-electron chi connectivity index (χ3n) is 5.67. The maximum atomic E-state index is 12.9. The van der Waals surface area contributed by atoms with Gasteiger partial charge in [0.1, 0.15) is 17.0 Å². The van der Waals surface area contributed by atoms with E-state index in [9.17, 15) is 18.3 Å². The molecule has 1 aliphatic carbocycles. The summed E-state index contributed by atoms with van der Waals surface area (Å²) < 4.78 is 35.8. The van der Waals surface area contributed by atoms with E-state index < -0.39 is 28.0 Å². The Morgan fingerprint density at radius 1 is 1.30 bits per heavy atom. The number of nitrogens with zero attached hydrogens (tertiary/aromatic N) is 3. The number of hydrogen-bond acceptors (Lipinski definition) is 6. The number of aliphatic carboxylic acids is 1. The fraction of sp³-hybridized carbons (Fsp3) is 0.435. The molecule has 0 bridgehead atoms. The molecule has 0 radical (unpaired) electrons. The Balaban J connectivity index is 1.67. The summed E-state index contributed by atoms with van der Waals surface area (Å²) in [4.78, 5) is 11.4. The van der Waals surface area contributed by atoms with Crippen LogP contribution >= 0.6 is 0 Å². The van der Waals surface area contributed by atoms with Gasteiger partial charge in [-0.1, -0.05) is 39.0 Å². The second kappa shape index (κ2) is 8.75. The lowest BCUT2D eigenvalue weighted by molar-refractivity contribution is -0.140. The van der Waals surface area contributed by atoms with Crippen LogP contribution in [0.3, 0.4) is 0 Å². The summed E-state index contributed by atoms with van der Waals surface area (Å²) in [6, 6.07) is 3.29. The molecule has 0 fully saturated rings. The van der Waals surface area contributed by atoms with Gasteiger partial charge in [-0.3, -0.25) is 4.79 Å². The number of furan rings is 1. The third kappa shape index (κ3) is 4.72. The lowest BCUT2D eigenvalue weighted by Gasteiger charge is -2.18. The average molecular weight is 473 g/mol. The van der Waals surface area contributed by atoms with Crippen LogP contribution in [0.5, 0.6) is 0 Å². The number of benzene rings is 1. The number of aromatic nitrogens is 3. The van der Waals surface area contributed by atoms with Crippen molar-refractivity contribution >= 4 is 39.1 Å². The predicted octanol–water partition coefficient (Wildman–Crippen LogP) is 1.82. The van der Waals surface area contributed by atoms with Crippen molar-refractivity contribution in [3.05, 3.63) is 40.7 Å². The largest absolute Gasteiger partial charge is 0.480 e. The number of carbonyl (C=O) groups is 1. The minimum Gasteiger partial charge on any atom is -0.480 e. The molecule has 4 rings (SSSR count). The zero-order chi connectivity index (χ0) is 23.9. The Morgan fingerprint density at radius 3 is 2.73 bits per heavy atom. The van der Waals surface area contributed by atoms with Gasteiger partial charge in [-0.25, -0.2) is 13.1 Å². The smallest absolute Gasteiger partial charge is 0.322 e. The van der Waals surface area contributed by atoms with Gasteiger partial charge in [0.2, 0.25) is 10.0 Å². The summed E-state index contributed by atoms with van der Waals surface area (Å²) in [6.45, 7) is 7.57. The van der Waals surface area contributed by atoms with Crippen molar-refractivity contribution < 1.29 is 22.7 Å². The van der Waals surface area contributed by atoms with E-state index >= 15 is 0 Å². The fourth-order valence-electron chi connectivity index (χ4n) is 3.98. The quantitative estimate of drug-likeness (QED) is 0.512. The van der Waals surface area contributed by atoms with Crippen LogP contribution in [0.4, 0.5) is 0 Å². The van der Waals surface area contributed by atoms with Crippen LogP contribution < -0.4 is 15.4 Å². The average Bonchev–Trinajstić information content (AvgIpc) is 3.34. The van der Waals surface area contributed by atoms with Crippen LogP contribution in [-0.4, -0.2) is 40.5 Å². The number of carboxylic acid groups (broad SMARTS) is 1. The SMILES string of the molecule is CC(C)Cc1cn(C2C=c3oc4ccc(S(=O)(=O)N[C@@H](C(=O)O)C(C)C)cc4c3=CC2)nn1. The topological polar surface area (TPSA) is 127 Å². The van der Waals surface area contributed by atoms with E-state index in [1.165, 1.54) is 12.1 Å². The van der Waals surface area contributed by atoms with Gasteiger partial charge in [-0.2, -0.15) is 4.72 Å². The van der Waals surface area contributed by atoms with E-state index in [2.05, 4.69) is 28.9 Å². The summed E-state index contributed by atoms with van der Waals surface area (Å²) in [5.41, 5.74) is 2.15. The summed E-state index contributed by atoms with van der Waals surface area (Å²) in [5, 5.41) is 19.3. The zero-order valence-electron chi connectivity index (χ0n) is 19.0. The molecular weight excluding hydrogens is 444 g/mol. The van der Waals surface area contributed by atoms with Crippen LogP contribution in [0.25, 0.3) is 23.1 Å². The van der Waals surface area contributed by atoms with Gasteiger partial charge >= 0.3 is 5.97 Å².